The number of nitrogens with zero attached hydrogens (tertiary/aromatic N) is 5. The van der Waals surface area contributed by atoms with Crippen molar-refractivity contribution in [2.24, 2.45) is 5.92 Å². The highest BCUT2D eigenvalue weighted by Gasteiger charge is 2.32. The van der Waals surface area contributed by atoms with Crippen LogP contribution in [0.1, 0.15) is 37.9 Å². The average Bonchev–Trinajstić information content (AvgIpc) is 3.29. The van der Waals surface area contributed by atoms with E-state index in [2.05, 4.69) is 20.6 Å². The number of aromatic nitrogens is 4. The van der Waals surface area contributed by atoms with E-state index < -0.39 is 0 Å². The van der Waals surface area contributed by atoms with Crippen LogP contribution >= 0.6 is 0 Å². The lowest BCUT2D eigenvalue weighted by atomic mass is 10.1. The van der Waals surface area contributed by atoms with Gasteiger partial charge in [-0.15, -0.1) is 15.3 Å². The number of amides is 1. The molecule has 1 aliphatic heterocycles. The van der Waals surface area contributed by atoms with Crippen molar-refractivity contribution in [3.8, 4) is 0 Å². The van der Waals surface area contributed by atoms with Crippen LogP contribution in [0.25, 0.3) is 5.65 Å². The minimum Gasteiger partial charge on any atom is -0.364 e. The summed E-state index contributed by atoms with van der Waals surface area (Å²) in [5, 5.41) is 16.0. The van der Waals surface area contributed by atoms with Crippen molar-refractivity contribution in [3.05, 3.63) is 18.0 Å². The lowest BCUT2D eigenvalue weighted by Crippen LogP contribution is -2.35. The van der Waals surface area contributed by atoms with Crippen molar-refractivity contribution in [1.29, 1.82) is 0 Å². The normalized spacial score (nSPS) is 22.1. The summed E-state index contributed by atoms with van der Waals surface area (Å²) >= 11 is 0. The maximum absolute atomic E-state index is 12.5. The van der Waals surface area contributed by atoms with Crippen LogP contribution in [0.4, 0.5) is 5.82 Å². The summed E-state index contributed by atoms with van der Waals surface area (Å²) in [6, 6.07) is 4.10. The summed E-state index contributed by atoms with van der Waals surface area (Å²) in [4.78, 5) is 14.5. The van der Waals surface area contributed by atoms with E-state index >= 15 is 0 Å². The summed E-state index contributed by atoms with van der Waals surface area (Å²) in [5.41, 5.74) is 0.748. The van der Waals surface area contributed by atoms with Gasteiger partial charge in [-0.2, -0.15) is 4.52 Å². The number of fused-ring (bicyclic) bond motifs is 1. The zero-order chi connectivity index (χ0) is 15.8. The second kappa shape index (κ2) is 5.79. The van der Waals surface area contributed by atoms with Gasteiger partial charge >= 0.3 is 0 Å². The third kappa shape index (κ3) is 2.75. The standard InChI is InChI=1S/C16H22N6O/c1-11-18-19-15-7-6-14(20-22(11)15)17-13-8-9-21(10-13)16(23)12-4-2-3-5-12/h6-7,12-13H,2-5,8-10H2,1H3,(H,17,20). The molecule has 1 unspecified atom stereocenters. The second-order valence-corrected chi connectivity index (χ2v) is 6.63. The van der Waals surface area contributed by atoms with Crippen molar-refractivity contribution in [1.82, 2.24) is 24.7 Å². The predicted molar refractivity (Wildman–Crippen MR) is 86.1 cm³/mol. The number of rotatable bonds is 3. The SMILES string of the molecule is Cc1nnc2ccc(NC3CCN(C(=O)C4CCCC4)C3)nn12. The van der Waals surface area contributed by atoms with E-state index in [0.717, 1.165) is 49.6 Å². The van der Waals surface area contributed by atoms with Gasteiger partial charge in [0.25, 0.3) is 0 Å². The Morgan fingerprint density at radius 2 is 2.04 bits per heavy atom. The topological polar surface area (TPSA) is 75.4 Å². The van der Waals surface area contributed by atoms with Crippen LogP contribution in [0, 0.1) is 12.8 Å². The third-order valence-electron chi connectivity index (χ3n) is 4.98. The molecule has 2 aromatic heterocycles. The highest BCUT2D eigenvalue weighted by atomic mass is 16.2. The fourth-order valence-corrected chi connectivity index (χ4v) is 3.69. The van der Waals surface area contributed by atoms with Crippen molar-refractivity contribution in [2.75, 3.05) is 18.4 Å². The molecule has 2 aromatic rings. The molecule has 2 aliphatic rings. The first-order valence-electron chi connectivity index (χ1n) is 8.45. The van der Waals surface area contributed by atoms with Crippen molar-refractivity contribution >= 4 is 17.4 Å². The molecule has 2 fully saturated rings. The molecular formula is C16H22N6O. The maximum atomic E-state index is 12.5. The molecule has 1 N–H and O–H groups in total. The van der Waals surface area contributed by atoms with Crippen LogP contribution in [-0.4, -0.2) is 49.7 Å². The highest BCUT2D eigenvalue weighted by molar-refractivity contribution is 5.79. The molecule has 1 atom stereocenters. The lowest BCUT2D eigenvalue weighted by Gasteiger charge is -2.20. The zero-order valence-electron chi connectivity index (χ0n) is 13.4. The fourth-order valence-electron chi connectivity index (χ4n) is 3.69. The van der Waals surface area contributed by atoms with Crippen LogP contribution < -0.4 is 5.32 Å². The molecule has 0 radical (unpaired) electrons. The first-order valence-corrected chi connectivity index (χ1v) is 8.45. The van der Waals surface area contributed by atoms with Gasteiger partial charge in [0.1, 0.15) is 5.82 Å². The van der Waals surface area contributed by atoms with Gasteiger partial charge in [0, 0.05) is 25.0 Å². The van der Waals surface area contributed by atoms with Crippen LogP contribution in [0.3, 0.4) is 0 Å². The van der Waals surface area contributed by atoms with E-state index in [1.807, 2.05) is 24.0 Å². The Labute approximate surface area is 135 Å². The van der Waals surface area contributed by atoms with Gasteiger partial charge in [-0.05, 0) is 38.3 Å². The number of hydrogen-bond acceptors (Lipinski definition) is 5. The van der Waals surface area contributed by atoms with E-state index in [4.69, 9.17) is 0 Å². The van der Waals surface area contributed by atoms with E-state index in [0.29, 0.717) is 5.91 Å². The van der Waals surface area contributed by atoms with Crippen LogP contribution in [0.15, 0.2) is 12.1 Å². The summed E-state index contributed by atoms with van der Waals surface area (Å²) in [6.07, 6.45) is 5.51. The number of hydrogen-bond donors (Lipinski definition) is 1. The fraction of sp³-hybridized carbons (Fsp3) is 0.625. The number of anilines is 1. The summed E-state index contributed by atoms with van der Waals surface area (Å²) in [5.74, 6) is 2.20. The predicted octanol–water partition coefficient (Wildman–Crippen LogP) is 1.64. The monoisotopic (exact) mass is 314 g/mol. The van der Waals surface area contributed by atoms with Gasteiger partial charge in [-0.1, -0.05) is 12.8 Å². The number of likely N-dealkylation sites (tertiary alicyclic amines) is 1. The summed E-state index contributed by atoms with van der Waals surface area (Å²) in [7, 11) is 0. The minimum atomic E-state index is 0.266. The third-order valence-corrected chi connectivity index (χ3v) is 4.98. The van der Waals surface area contributed by atoms with Crippen molar-refractivity contribution < 1.29 is 4.79 Å². The van der Waals surface area contributed by atoms with Gasteiger partial charge in [-0.3, -0.25) is 4.79 Å². The van der Waals surface area contributed by atoms with Crippen LogP contribution in [-0.2, 0) is 4.79 Å². The molecule has 7 nitrogen and oxygen atoms in total. The molecule has 0 aromatic carbocycles. The number of nitrogens with one attached hydrogen (secondary N) is 1. The molecule has 23 heavy (non-hydrogen) atoms. The Morgan fingerprint density at radius 3 is 2.87 bits per heavy atom. The number of aryl methyl sites for hydroxylation is 1. The average molecular weight is 314 g/mol. The Kier molecular flexibility index (Phi) is 3.63. The molecule has 0 bridgehead atoms. The highest BCUT2D eigenvalue weighted by Crippen LogP contribution is 2.28. The molecule has 0 spiro atoms. The molecule has 1 saturated carbocycles. The molecule has 122 valence electrons. The van der Waals surface area contributed by atoms with Gasteiger partial charge in [0.15, 0.2) is 11.5 Å². The molecule has 1 saturated heterocycles. The first-order chi connectivity index (χ1) is 11.2. The number of carbonyl (C=O) groups excluding carboxylic acids is 1. The first kappa shape index (κ1) is 14.4. The lowest BCUT2D eigenvalue weighted by molar-refractivity contribution is -0.134. The van der Waals surface area contributed by atoms with E-state index in [1.54, 1.807) is 4.52 Å². The minimum absolute atomic E-state index is 0.266. The number of carbonyl (C=O) groups is 1. The summed E-state index contributed by atoms with van der Waals surface area (Å²) in [6.45, 7) is 3.51. The quantitative estimate of drug-likeness (QED) is 0.932. The Hall–Kier alpha value is -2.18. The molecule has 1 amide bonds. The van der Waals surface area contributed by atoms with E-state index in [-0.39, 0.29) is 12.0 Å². The van der Waals surface area contributed by atoms with Crippen molar-refractivity contribution in [3.63, 3.8) is 0 Å². The van der Waals surface area contributed by atoms with Gasteiger partial charge < -0.3 is 10.2 Å². The largest absolute Gasteiger partial charge is 0.364 e. The van der Waals surface area contributed by atoms with Crippen molar-refractivity contribution in [2.45, 2.75) is 45.1 Å². The Bertz CT molecular complexity index is 720. The molecular weight excluding hydrogens is 292 g/mol. The molecule has 7 heteroatoms. The maximum Gasteiger partial charge on any atom is 0.225 e. The van der Waals surface area contributed by atoms with E-state index in [1.165, 1.54) is 12.8 Å². The van der Waals surface area contributed by atoms with E-state index in [9.17, 15) is 4.79 Å². The summed E-state index contributed by atoms with van der Waals surface area (Å²) < 4.78 is 1.73. The Balaban J connectivity index is 1.41. The van der Waals surface area contributed by atoms with Gasteiger partial charge in [-0.25, -0.2) is 0 Å². The second-order valence-electron chi connectivity index (χ2n) is 6.63. The smallest absolute Gasteiger partial charge is 0.225 e. The molecule has 3 heterocycles. The van der Waals surface area contributed by atoms with Gasteiger partial charge in [0.05, 0.1) is 0 Å². The molecule has 1 aliphatic carbocycles. The van der Waals surface area contributed by atoms with Crippen LogP contribution in [0.2, 0.25) is 0 Å². The Morgan fingerprint density at radius 1 is 1.22 bits per heavy atom. The molecule has 4 rings (SSSR count). The zero-order valence-corrected chi connectivity index (χ0v) is 13.4. The van der Waals surface area contributed by atoms with Crippen LogP contribution in [0.5, 0.6) is 0 Å². The van der Waals surface area contributed by atoms with Gasteiger partial charge in [0.2, 0.25) is 5.91 Å².